The molecule has 2 heterocycles. The first-order chi connectivity index (χ1) is 11.8. The Morgan fingerprint density at radius 2 is 2.00 bits per heavy atom. The first kappa shape index (κ1) is 14.4. The Labute approximate surface area is 139 Å². The Hall–Kier alpha value is -3.15. The van der Waals surface area contributed by atoms with Gasteiger partial charge in [-0.1, -0.05) is 30.3 Å². The highest BCUT2D eigenvalue weighted by molar-refractivity contribution is 5.71. The van der Waals surface area contributed by atoms with Crippen molar-refractivity contribution in [3.63, 3.8) is 0 Å². The molecule has 0 atom stereocenters. The van der Waals surface area contributed by atoms with Crippen LogP contribution in [0.15, 0.2) is 42.5 Å². The molecule has 4 rings (SSSR count). The molecule has 0 bridgehead atoms. The summed E-state index contributed by atoms with van der Waals surface area (Å²) in [5.41, 5.74) is 10.1. The Morgan fingerprint density at radius 3 is 2.88 bits per heavy atom. The van der Waals surface area contributed by atoms with Crippen molar-refractivity contribution in [1.29, 1.82) is 0 Å². The number of nitrogens with two attached hydrogens (primary N) is 1. The number of H-pyrrole nitrogens is 1. The fourth-order valence-electron chi connectivity index (χ4n) is 2.91. The van der Waals surface area contributed by atoms with Crippen LogP contribution in [0.1, 0.15) is 11.1 Å². The van der Waals surface area contributed by atoms with Gasteiger partial charge in [0.05, 0.1) is 12.7 Å². The first-order valence-electron chi connectivity index (χ1n) is 7.61. The van der Waals surface area contributed by atoms with Crippen LogP contribution in [0.3, 0.4) is 0 Å². The van der Waals surface area contributed by atoms with Crippen molar-refractivity contribution in [2.75, 3.05) is 19.6 Å². The van der Waals surface area contributed by atoms with E-state index in [2.05, 4.69) is 22.3 Å². The topological polar surface area (TPSA) is 82.4 Å². The largest absolute Gasteiger partial charge is 0.480 e. The number of anilines is 1. The molecule has 0 unspecified atom stereocenters. The molecule has 6 heteroatoms. The number of aromatic nitrogens is 2. The molecule has 3 N–H and O–H groups in total. The van der Waals surface area contributed by atoms with Crippen molar-refractivity contribution >= 4 is 5.82 Å². The van der Waals surface area contributed by atoms with Crippen LogP contribution in [0.2, 0.25) is 0 Å². The van der Waals surface area contributed by atoms with Crippen molar-refractivity contribution in [2.45, 2.75) is 6.42 Å². The van der Waals surface area contributed by atoms with Gasteiger partial charge in [0.25, 0.3) is 0 Å². The summed E-state index contributed by atoms with van der Waals surface area (Å²) in [6.07, 6.45) is 0.621. The van der Waals surface area contributed by atoms with Gasteiger partial charge in [0.15, 0.2) is 11.5 Å². The lowest BCUT2D eigenvalue weighted by atomic mass is 9.95. The van der Waals surface area contributed by atoms with Crippen LogP contribution in [0.5, 0.6) is 17.4 Å². The van der Waals surface area contributed by atoms with Gasteiger partial charge in [0, 0.05) is 6.42 Å². The molecule has 0 saturated carbocycles. The van der Waals surface area contributed by atoms with Crippen molar-refractivity contribution in [1.82, 2.24) is 10.2 Å². The maximum Gasteiger partial charge on any atom is 0.238 e. The standard InChI is InChI=1S/C18H17N3O3/c1-22-18-14(17(19)20-21-18)8-11-4-2-3-5-13(11)12-6-7-15-16(9-12)24-10-23-15/h2-7,9H,8,10H2,1H3,(H3,19,20,21). The monoisotopic (exact) mass is 323 g/mol. The highest BCUT2D eigenvalue weighted by atomic mass is 16.7. The molecule has 122 valence electrons. The van der Waals surface area contributed by atoms with Gasteiger partial charge in [0.2, 0.25) is 12.7 Å². The van der Waals surface area contributed by atoms with E-state index in [1.54, 1.807) is 7.11 Å². The lowest BCUT2D eigenvalue weighted by Crippen LogP contribution is -1.97. The van der Waals surface area contributed by atoms with E-state index >= 15 is 0 Å². The minimum atomic E-state index is 0.267. The number of ether oxygens (including phenoxy) is 3. The molecule has 0 aliphatic carbocycles. The van der Waals surface area contributed by atoms with Crippen LogP contribution < -0.4 is 19.9 Å². The van der Waals surface area contributed by atoms with Crippen molar-refractivity contribution < 1.29 is 14.2 Å². The Morgan fingerprint density at radius 1 is 1.17 bits per heavy atom. The van der Waals surface area contributed by atoms with Gasteiger partial charge in [-0.3, -0.25) is 5.10 Å². The molecule has 0 radical (unpaired) electrons. The van der Waals surface area contributed by atoms with E-state index in [-0.39, 0.29) is 6.79 Å². The molecule has 0 amide bonds. The molecular formula is C18H17N3O3. The van der Waals surface area contributed by atoms with Gasteiger partial charge in [0.1, 0.15) is 5.82 Å². The number of nitrogens with one attached hydrogen (secondary N) is 1. The number of hydrogen-bond donors (Lipinski definition) is 2. The number of nitrogens with zero attached hydrogens (tertiary/aromatic N) is 1. The van der Waals surface area contributed by atoms with E-state index in [0.29, 0.717) is 18.1 Å². The lowest BCUT2D eigenvalue weighted by Gasteiger charge is -2.11. The molecule has 0 fully saturated rings. The van der Waals surface area contributed by atoms with Crippen LogP contribution in [-0.4, -0.2) is 24.1 Å². The van der Waals surface area contributed by atoms with E-state index < -0.39 is 0 Å². The Balaban J connectivity index is 1.74. The van der Waals surface area contributed by atoms with Gasteiger partial charge in [-0.25, -0.2) is 0 Å². The summed E-state index contributed by atoms with van der Waals surface area (Å²) in [5, 5.41) is 6.84. The predicted molar refractivity (Wildman–Crippen MR) is 90.4 cm³/mol. The zero-order valence-corrected chi connectivity index (χ0v) is 13.2. The average Bonchev–Trinajstić information content (AvgIpc) is 3.22. The van der Waals surface area contributed by atoms with Crippen LogP contribution >= 0.6 is 0 Å². The van der Waals surface area contributed by atoms with Crippen LogP contribution in [0.4, 0.5) is 5.82 Å². The van der Waals surface area contributed by atoms with Gasteiger partial charge in [-0.05, 0) is 28.8 Å². The molecular weight excluding hydrogens is 306 g/mol. The zero-order chi connectivity index (χ0) is 16.5. The molecule has 1 aliphatic rings. The number of rotatable bonds is 4. The van der Waals surface area contributed by atoms with Crippen molar-refractivity contribution in [3.05, 3.63) is 53.6 Å². The summed E-state index contributed by atoms with van der Waals surface area (Å²) >= 11 is 0. The second-order valence-electron chi connectivity index (χ2n) is 5.53. The molecule has 0 saturated heterocycles. The lowest BCUT2D eigenvalue weighted by molar-refractivity contribution is 0.174. The minimum absolute atomic E-state index is 0.267. The summed E-state index contributed by atoms with van der Waals surface area (Å²) in [6.45, 7) is 0.267. The Kier molecular flexibility index (Phi) is 3.49. The third-order valence-electron chi connectivity index (χ3n) is 4.12. The van der Waals surface area contributed by atoms with Gasteiger partial charge in [-0.2, -0.15) is 0 Å². The summed E-state index contributed by atoms with van der Waals surface area (Å²) < 4.78 is 16.2. The van der Waals surface area contributed by atoms with E-state index in [1.807, 2.05) is 30.3 Å². The summed E-state index contributed by atoms with van der Waals surface area (Å²) in [7, 11) is 1.59. The van der Waals surface area contributed by atoms with Gasteiger partial charge in [-0.15, -0.1) is 5.10 Å². The van der Waals surface area contributed by atoms with Gasteiger partial charge < -0.3 is 19.9 Å². The van der Waals surface area contributed by atoms with E-state index in [4.69, 9.17) is 19.9 Å². The van der Waals surface area contributed by atoms with Crippen molar-refractivity contribution in [2.24, 2.45) is 0 Å². The maximum absolute atomic E-state index is 5.99. The molecule has 2 aromatic carbocycles. The number of benzene rings is 2. The molecule has 3 aromatic rings. The predicted octanol–water partition coefficient (Wildman–Crippen LogP) is 2.99. The number of methoxy groups -OCH3 is 1. The molecule has 6 nitrogen and oxygen atoms in total. The van der Waals surface area contributed by atoms with Gasteiger partial charge >= 0.3 is 0 Å². The first-order valence-corrected chi connectivity index (χ1v) is 7.61. The number of nitrogen functional groups attached to an aromatic ring is 1. The summed E-state index contributed by atoms with van der Waals surface area (Å²) in [6, 6.07) is 14.1. The smallest absolute Gasteiger partial charge is 0.238 e. The summed E-state index contributed by atoms with van der Waals surface area (Å²) in [5.74, 6) is 2.58. The SMILES string of the molecule is COc1n[nH]c(N)c1Cc1ccccc1-c1ccc2c(c1)OCO2. The Bertz CT molecular complexity index is 889. The zero-order valence-electron chi connectivity index (χ0n) is 13.2. The van der Waals surface area contributed by atoms with Crippen LogP contribution in [0, 0.1) is 0 Å². The number of fused-ring (bicyclic) bond motifs is 1. The third-order valence-corrected chi connectivity index (χ3v) is 4.12. The number of hydrogen-bond acceptors (Lipinski definition) is 5. The molecule has 0 spiro atoms. The molecule has 24 heavy (non-hydrogen) atoms. The second-order valence-corrected chi connectivity index (χ2v) is 5.53. The summed E-state index contributed by atoms with van der Waals surface area (Å²) in [4.78, 5) is 0. The van der Waals surface area contributed by atoms with Crippen molar-refractivity contribution in [3.8, 4) is 28.5 Å². The van der Waals surface area contributed by atoms with E-state index in [1.165, 1.54) is 0 Å². The highest BCUT2D eigenvalue weighted by Gasteiger charge is 2.17. The van der Waals surface area contributed by atoms with E-state index in [9.17, 15) is 0 Å². The highest BCUT2D eigenvalue weighted by Crippen LogP contribution is 2.37. The quantitative estimate of drug-likeness (QED) is 0.771. The second kappa shape index (κ2) is 5.81. The maximum atomic E-state index is 5.99. The molecule has 1 aromatic heterocycles. The minimum Gasteiger partial charge on any atom is -0.480 e. The third kappa shape index (κ3) is 2.42. The number of aromatic amines is 1. The fraction of sp³-hybridized carbons (Fsp3) is 0.167. The fourth-order valence-corrected chi connectivity index (χ4v) is 2.91. The van der Waals surface area contributed by atoms with E-state index in [0.717, 1.165) is 33.8 Å². The van der Waals surface area contributed by atoms with Crippen LogP contribution in [-0.2, 0) is 6.42 Å². The normalized spacial score (nSPS) is 12.4. The molecule has 1 aliphatic heterocycles. The van der Waals surface area contributed by atoms with Crippen LogP contribution in [0.25, 0.3) is 11.1 Å². The average molecular weight is 323 g/mol.